The highest BCUT2D eigenvalue weighted by Crippen LogP contribution is 2.15. The largest absolute Gasteiger partial charge is 0.287 e. The number of aromatic nitrogens is 2. The molecular weight excluding hydrogens is 236 g/mol. The minimum atomic E-state index is -0.0729. The van der Waals surface area contributed by atoms with Crippen molar-refractivity contribution in [3.8, 4) is 0 Å². The van der Waals surface area contributed by atoms with Crippen molar-refractivity contribution in [2.24, 2.45) is 0 Å². The molecule has 0 fully saturated rings. The van der Waals surface area contributed by atoms with E-state index in [1.54, 1.807) is 12.3 Å². The van der Waals surface area contributed by atoms with Gasteiger partial charge < -0.3 is 0 Å². The first-order valence-electron chi connectivity index (χ1n) is 6.07. The van der Waals surface area contributed by atoms with Gasteiger partial charge in [0.15, 0.2) is 0 Å². The zero-order valence-electron chi connectivity index (χ0n) is 10.5. The minimum Gasteiger partial charge on any atom is -0.287 e. The Kier molecular flexibility index (Phi) is 2.80. The molecule has 0 spiro atoms. The van der Waals surface area contributed by atoms with Crippen LogP contribution in [0.2, 0.25) is 0 Å². The quantitative estimate of drug-likeness (QED) is 0.654. The summed E-state index contributed by atoms with van der Waals surface area (Å²) in [4.78, 5) is 20.9. The van der Waals surface area contributed by atoms with Gasteiger partial charge in [-0.15, -0.1) is 0 Å². The molecule has 2 heterocycles. The lowest BCUT2D eigenvalue weighted by atomic mass is 10.1. The molecule has 3 nitrogen and oxygen atoms in total. The number of benzene rings is 1. The summed E-state index contributed by atoms with van der Waals surface area (Å²) in [6.45, 7) is 1.87. The predicted octanol–water partition coefficient (Wildman–Crippen LogP) is 3.17. The zero-order chi connectivity index (χ0) is 13.2. The molecule has 0 N–H and O–H groups in total. The minimum absolute atomic E-state index is 0.0729. The van der Waals surface area contributed by atoms with E-state index in [2.05, 4.69) is 9.97 Å². The second-order valence-electron chi connectivity index (χ2n) is 4.40. The first-order valence-corrected chi connectivity index (χ1v) is 6.07. The second-order valence-corrected chi connectivity index (χ2v) is 4.40. The fraction of sp³-hybridized carbons (Fsp3) is 0.0625. The van der Waals surface area contributed by atoms with Crippen LogP contribution in [0.3, 0.4) is 0 Å². The molecule has 0 unspecified atom stereocenters. The average molecular weight is 248 g/mol. The Bertz CT molecular complexity index is 765. The van der Waals surface area contributed by atoms with Crippen molar-refractivity contribution < 1.29 is 4.79 Å². The number of ketones is 1. The van der Waals surface area contributed by atoms with E-state index in [0.29, 0.717) is 11.3 Å². The van der Waals surface area contributed by atoms with Gasteiger partial charge in [-0.25, -0.2) is 4.98 Å². The molecule has 0 saturated carbocycles. The number of nitrogens with zero attached hydrogens (tertiary/aromatic N) is 2. The molecule has 0 saturated heterocycles. The van der Waals surface area contributed by atoms with Crippen LogP contribution < -0.4 is 0 Å². The molecule has 1 aromatic carbocycles. The number of hydrogen-bond acceptors (Lipinski definition) is 3. The van der Waals surface area contributed by atoms with Crippen LogP contribution in [0.15, 0.2) is 54.7 Å². The van der Waals surface area contributed by atoms with Crippen LogP contribution in [0.5, 0.6) is 0 Å². The fourth-order valence-corrected chi connectivity index (χ4v) is 2.03. The second kappa shape index (κ2) is 4.61. The normalized spacial score (nSPS) is 10.6. The summed E-state index contributed by atoms with van der Waals surface area (Å²) in [6.07, 6.45) is 1.72. The Morgan fingerprint density at radius 3 is 2.79 bits per heavy atom. The van der Waals surface area contributed by atoms with Gasteiger partial charge in [0.25, 0.3) is 0 Å². The summed E-state index contributed by atoms with van der Waals surface area (Å²) in [5.41, 5.74) is 2.74. The summed E-state index contributed by atoms with van der Waals surface area (Å²) in [5, 5.41) is 1.02. The van der Waals surface area contributed by atoms with E-state index in [4.69, 9.17) is 0 Å². The number of fused-ring (bicyclic) bond motifs is 1. The molecule has 2 aromatic heterocycles. The lowest BCUT2D eigenvalue weighted by molar-refractivity contribution is 0.103. The van der Waals surface area contributed by atoms with Gasteiger partial charge in [-0.2, -0.15) is 0 Å². The van der Waals surface area contributed by atoms with Gasteiger partial charge >= 0.3 is 0 Å². The monoisotopic (exact) mass is 248 g/mol. The Morgan fingerprint density at radius 2 is 1.95 bits per heavy atom. The van der Waals surface area contributed by atoms with E-state index in [-0.39, 0.29) is 5.78 Å². The van der Waals surface area contributed by atoms with Crippen LogP contribution >= 0.6 is 0 Å². The molecule has 3 heteroatoms. The molecular formula is C16H12N2O. The Balaban J connectivity index is 2.06. The number of pyridine rings is 2. The van der Waals surface area contributed by atoms with Crippen LogP contribution in [0.25, 0.3) is 10.9 Å². The van der Waals surface area contributed by atoms with Crippen molar-refractivity contribution in [2.45, 2.75) is 6.92 Å². The number of carbonyl (C=O) groups is 1. The summed E-state index contributed by atoms with van der Waals surface area (Å²) in [7, 11) is 0. The van der Waals surface area contributed by atoms with E-state index < -0.39 is 0 Å². The molecule has 19 heavy (non-hydrogen) atoms. The molecule has 0 aliphatic rings. The highest BCUT2D eigenvalue weighted by molar-refractivity contribution is 6.09. The van der Waals surface area contributed by atoms with Crippen molar-refractivity contribution in [3.63, 3.8) is 0 Å². The maximum Gasteiger partial charge on any atom is 0.211 e. The topological polar surface area (TPSA) is 42.9 Å². The van der Waals surface area contributed by atoms with Gasteiger partial charge in [-0.1, -0.05) is 24.3 Å². The summed E-state index contributed by atoms with van der Waals surface area (Å²) in [6, 6.07) is 14.8. The number of aryl methyl sites for hydroxylation is 1. The molecule has 0 amide bonds. The summed E-state index contributed by atoms with van der Waals surface area (Å²) in [5.74, 6) is -0.0729. The van der Waals surface area contributed by atoms with E-state index in [9.17, 15) is 4.79 Å². The highest BCUT2D eigenvalue weighted by atomic mass is 16.1. The molecule has 92 valence electrons. The molecule has 0 atom stereocenters. The molecule has 0 aliphatic heterocycles. The predicted molar refractivity (Wildman–Crippen MR) is 74.1 cm³/mol. The van der Waals surface area contributed by atoms with Crippen molar-refractivity contribution in [1.29, 1.82) is 0 Å². The van der Waals surface area contributed by atoms with Crippen LogP contribution in [-0.2, 0) is 0 Å². The van der Waals surface area contributed by atoms with Gasteiger partial charge in [-0.3, -0.25) is 9.78 Å². The molecule has 3 rings (SSSR count). The third kappa shape index (κ3) is 2.22. The first kappa shape index (κ1) is 11.5. The lowest BCUT2D eigenvalue weighted by Gasteiger charge is -2.03. The maximum atomic E-state index is 12.4. The van der Waals surface area contributed by atoms with E-state index in [1.807, 2.05) is 49.4 Å². The van der Waals surface area contributed by atoms with Crippen molar-refractivity contribution in [3.05, 3.63) is 71.7 Å². The number of carbonyl (C=O) groups excluding carboxylic acids is 1. The average Bonchev–Trinajstić information content (AvgIpc) is 2.46. The van der Waals surface area contributed by atoms with Gasteiger partial charge in [0, 0.05) is 22.8 Å². The standard InChI is InChI=1S/C16H12N2O/c1-11-4-2-6-14(18-11)16(19)13-8-7-12-5-3-9-17-15(12)10-13/h2-10H,1H3. The maximum absolute atomic E-state index is 12.4. The lowest BCUT2D eigenvalue weighted by Crippen LogP contribution is -2.04. The fourth-order valence-electron chi connectivity index (χ4n) is 2.03. The SMILES string of the molecule is Cc1cccc(C(=O)c2ccc3cccnc3c2)n1. The third-order valence-electron chi connectivity index (χ3n) is 2.99. The Morgan fingerprint density at radius 1 is 1.05 bits per heavy atom. The molecule has 0 aliphatic carbocycles. The van der Waals surface area contributed by atoms with E-state index in [0.717, 1.165) is 16.6 Å². The van der Waals surface area contributed by atoms with Crippen molar-refractivity contribution in [1.82, 2.24) is 9.97 Å². The molecule has 0 radical (unpaired) electrons. The van der Waals surface area contributed by atoms with Crippen LogP contribution in [0.1, 0.15) is 21.7 Å². The van der Waals surface area contributed by atoms with Crippen LogP contribution in [0.4, 0.5) is 0 Å². The van der Waals surface area contributed by atoms with Crippen molar-refractivity contribution in [2.75, 3.05) is 0 Å². The van der Waals surface area contributed by atoms with Gasteiger partial charge in [0.05, 0.1) is 5.52 Å². The van der Waals surface area contributed by atoms with E-state index >= 15 is 0 Å². The van der Waals surface area contributed by atoms with Gasteiger partial charge in [0.1, 0.15) is 5.69 Å². The van der Waals surface area contributed by atoms with Crippen molar-refractivity contribution >= 4 is 16.7 Å². The highest BCUT2D eigenvalue weighted by Gasteiger charge is 2.11. The van der Waals surface area contributed by atoms with Crippen LogP contribution in [-0.4, -0.2) is 15.8 Å². The number of hydrogen-bond donors (Lipinski definition) is 0. The summed E-state index contributed by atoms with van der Waals surface area (Å²) >= 11 is 0. The Labute approximate surface area is 111 Å². The number of rotatable bonds is 2. The summed E-state index contributed by atoms with van der Waals surface area (Å²) < 4.78 is 0. The van der Waals surface area contributed by atoms with Crippen LogP contribution in [0, 0.1) is 6.92 Å². The smallest absolute Gasteiger partial charge is 0.211 e. The van der Waals surface area contributed by atoms with Gasteiger partial charge in [-0.05, 0) is 31.2 Å². The van der Waals surface area contributed by atoms with E-state index in [1.165, 1.54) is 0 Å². The van der Waals surface area contributed by atoms with Gasteiger partial charge in [0.2, 0.25) is 5.78 Å². The Hall–Kier alpha value is -2.55. The first-order chi connectivity index (χ1) is 9.24. The third-order valence-corrected chi connectivity index (χ3v) is 2.99. The molecule has 0 bridgehead atoms. The molecule has 3 aromatic rings. The zero-order valence-corrected chi connectivity index (χ0v) is 10.5.